The Labute approximate surface area is 249 Å². The fourth-order valence-corrected chi connectivity index (χ4v) is 5.77. The molecule has 1 atom stereocenters. The van der Waals surface area contributed by atoms with Crippen molar-refractivity contribution < 1.29 is 18.0 Å². The molecule has 0 spiro atoms. The number of hydrogen-bond acceptors (Lipinski definition) is 4. The molecule has 0 aromatic heterocycles. The van der Waals surface area contributed by atoms with Crippen molar-refractivity contribution in [1.29, 1.82) is 0 Å². The molecule has 0 aliphatic rings. The second-order valence-corrected chi connectivity index (χ2v) is 12.6. The van der Waals surface area contributed by atoms with Crippen molar-refractivity contribution in [3.8, 4) is 0 Å². The molecule has 7 nitrogen and oxygen atoms in total. The van der Waals surface area contributed by atoms with E-state index >= 15 is 0 Å². The highest BCUT2D eigenvalue weighted by Gasteiger charge is 2.30. The number of carbonyl (C=O) groups is 2. The Bertz CT molecular complexity index is 1380. The van der Waals surface area contributed by atoms with Crippen LogP contribution < -0.4 is 9.62 Å². The molecule has 2 amide bonds. The number of aryl methyl sites for hydroxylation is 1. The summed E-state index contributed by atoms with van der Waals surface area (Å²) < 4.78 is 26.4. The number of sulfonamides is 1. The summed E-state index contributed by atoms with van der Waals surface area (Å²) in [5.41, 5.74) is 3.43. The molecule has 3 aromatic rings. The van der Waals surface area contributed by atoms with E-state index in [1.165, 1.54) is 4.31 Å². The number of anilines is 1. The smallest absolute Gasteiger partial charge is 0.243 e. The Kier molecular flexibility index (Phi) is 12.2. The lowest BCUT2D eigenvalue weighted by Crippen LogP contribution is -2.50. The standard InChI is InChI=1S/C32H40ClN3O4S/c1-4-5-20-34-32(38)30(23-26-12-7-6-8-13-26)35(24-27-14-9-11-25(2)22-27)31(37)15-10-21-36(41(3,39)40)29-18-16-28(33)17-19-29/h6-9,11-14,16-19,22,30H,4-5,10,15,20-21,23-24H2,1-3H3,(H,34,38). The van der Waals surface area contributed by atoms with Gasteiger partial charge in [-0.1, -0.05) is 85.1 Å². The number of halogens is 1. The van der Waals surface area contributed by atoms with E-state index in [0.717, 1.165) is 35.8 Å². The Hall–Kier alpha value is -3.36. The molecule has 0 aliphatic heterocycles. The number of hydrogen-bond donors (Lipinski definition) is 1. The normalized spacial score (nSPS) is 12.0. The fourth-order valence-electron chi connectivity index (χ4n) is 4.68. The quantitative estimate of drug-likeness (QED) is 0.226. The molecule has 0 heterocycles. The summed E-state index contributed by atoms with van der Waals surface area (Å²) in [5.74, 6) is -0.398. The summed E-state index contributed by atoms with van der Waals surface area (Å²) in [7, 11) is -3.58. The molecule has 0 saturated heterocycles. The largest absolute Gasteiger partial charge is 0.354 e. The van der Waals surface area contributed by atoms with Crippen LogP contribution in [0.15, 0.2) is 78.9 Å². The van der Waals surface area contributed by atoms with Crippen LogP contribution in [-0.2, 0) is 32.6 Å². The van der Waals surface area contributed by atoms with E-state index in [-0.39, 0.29) is 37.7 Å². The van der Waals surface area contributed by atoms with Crippen LogP contribution in [0.25, 0.3) is 0 Å². The summed E-state index contributed by atoms with van der Waals surface area (Å²) >= 11 is 5.99. The van der Waals surface area contributed by atoms with E-state index in [2.05, 4.69) is 12.2 Å². The topological polar surface area (TPSA) is 86.8 Å². The first-order valence-electron chi connectivity index (χ1n) is 14.0. The molecule has 220 valence electrons. The van der Waals surface area contributed by atoms with Gasteiger partial charge in [-0.25, -0.2) is 8.42 Å². The Balaban J connectivity index is 1.86. The average Bonchev–Trinajstić information content (AvgIpc) is 2.93. The number of carbonyl (C=O) groups excluding carboxylic acids is 2. The maximum absolute atomic E-state index is 13.9. The van der Waals surface area contributed by atoms with Gasteiger partial charge in [0.2, 0.25) is 21.8 Å². The van der Waals surface area contributed by atoms with Gasteiger partial charge in [-0.15, -0.1) is 0 Å². The molecule has 1 unspecified atom stereocenters. The van der Waals surface area contributed by atoms with Gasteiger partial charge in [0, 0.05) is 37.5 Å². The number of amides is 2. The number of benzene rings is 3. The predicted molar refractivity (Wildman–Crippen MR) is 166 cm³/mol. The van der Waals surface area contributed by atoms with Crippen LogP contribution in [0.4, 0.5) is 5.69 Å². The van der Waals surface area contributed by atoms with Crippen LogP contribution in [0, 0.1) is 6.92 Å². The number of rotatable bonds is 15. The molecule has 0 fully saturated rings. The Morgan fingerprint density at radius 2 is 1.61 bits per heavy atom. The van der Waals surface area contributed by atoms with Gasteiger partial charge in [0.05, 0.1) is 11.9 Å². The third-order valence-corrected chi connectivity index (χ3v) is 8.25. The monoisotopic (exact) mass is 597 g/mol. The average molecular weight is 598 g/mol. The van der Waals surface area contributed by atoms with Crippen LogP contribution in [0.3, 0.4) is 0 Å². The zero-order valence-corrected chi connectivity index (χ0v) is 25.6. The zero-order chi connectivity index (χ0) is 29.8. The van der Waals surface area contributed by atoms with Gasteiger partial charge < -0.3 is 10.2 Å². The summed E-state index contributed by atoms with van der Waals surface area (Å²) in [6, 6.07) is 23.4. The van der Waals surface area contributed by atoms with Gasteiger partial charge in [0.1, 0.15) is 6.04 Å². The predicted octanol–water partition coefficient (Wildman–Crippen LogP) is 5.75. The lowest BCUT2D eigenvalue weighted by molar-refractivity contribution is -0.141. The summed E-state index contributed by atoms with van der Waals surface area (Å²) in [4.78, 5) is 29.1. The second-order valence-electron chi connectivity index (χ2n) is 10.3. The maximum atomic E-state index is 13.9. The molecule has 41 heavy (non-hydrogen) atoms. The van der Waals surface area contributed by atoms with Gasteiger partial charge in [0.25, 0.3) is 0 Å². The first-order chi connectivity index (χ1) is 19.6. The molecular formula is C32H40ClN3O4S. The fraction of sp³-hybridized carbons (Fsp3) is 0.375. The molecule has 3 aromatic carbocycles. The summed E-state index contributed by atoms with van der Waals surface area (Å²) in [6.07, 6.45) is 3.68. The summed E-state index contributed by atoms with van der Waals surface area (Å²) in [5, 5.41) is 3.53. The minimum atomic E-state index is -3.58. The highest BCUT2D eigenvalue weighted by Crippen LogP contribution is 2.22. The second kappa shape index (κ2) is 15.6. The highest BCUT2D eigenvalue weighted by atomic mass is 35.5. The molecule has 0 saturated carbocycles. The van der Waals surface area contributed by atoms with E-state index in [0.29, 0.717) is 23.7 Å². The van der Waals surface area contributed by atoms with Crippen molar-refractivity contribution in [2.24, 2.45) is 0 Å². The van der Waals surface area contributed by atoms with E-state index < -0.39 is 16.1 Å². The molecule has 1 N–H and O–H groups in total. The van der Waals surface area contributed by atoms with E-state index in [1.54, 1.807) is 29.2 Å². The van der Waals surface area contributed by atoms with E-state index in [9.17, 15) is 18.0 Å². The van der Waals surface area contributed by atoms with E-state index in [1.807, 2.05) is 61.5 Å². The van der Waals surface area contributed by atoms with Crippen LogP contribution in [0.5, 0.6) is 0 Å². The van der Waals surface area contributed by atoms with Crippen molar-refractivity contribution in [2.75, 3.05) is 23.7 Å². The molecule has 9 heteroatoms. The first kappa shape index (κ1) is 32.2. The molecule has 0 radical (unpaired) electrons. The van der Waals surface area contributed by atoms with Gasteiger partial charge in [-0.3, -0.25) is 13.9 Å². The molecule has 0 aliphatic carbocycles. The van der Waals surface area contributed by atoms with Gasteiger partial charge in [-0.2, -0.15) is 0 Å². The van der Waals surface area contributed by atoms with Crippen molar-refractivity contribution in [1.82, 2.24) is 10.2 Å². The van der Waals surface area contributed by atoms with Crippen molar-refractivity contribution in [2.45, 2.75) is 58.5 Å². The van der Waals surface area contributed by atoms with Gasteiger partial charge >= 0.3 is 0 Å². The lowest BCUT2D eigenvalue weighted by Gasteiger charge is -2.32. The maximum Gasteiger partial charge on any atom is 0.243 e. The molecular weight excluding hydrogens is 558 g/mol. The third-order valence-electron chi connectivity index (χ3n) is 6.80. The van der Waals surface area contributed by atoms with Crippen LogP contribution >= 0.6 is 11.6 Å². The Morgan fingerprint density at radius 3 is 2.24 bits per heavy atom. The molecule has 0 bridgehead atoms. The van der Waals surface area contributed by atoms with Crippen LogP contribution in [0.1, 0.15) is 49.3 Å². The van der Waals surface area contributed by atoms with Gasteiger partial charge in [0.15, 0.2) is 0 Å². The third kappa shape index (κ3) is 10.2. The molecule has 3 rings (SSSR count). The van der Waals surface area contributed by atoms with Crippen LogP contribution in [0.2, 0.25) is 5.02 Å². The number of nitrogens with one attached hydrogen (secondary N) is 1. The SMILES string of the molecule is CCCCNC(=O)C(Cc1ccccc1)N(Cc1cccc(C)c1)C(=O)CCCN(c1ccc(Cl)cc1)S(C)(=O)=O. The lowest BCUT2D eigenvalue weighted by atomic mass is 10.0. The first-order valence-corrected chi connectivity index (χ1v) is 16.2. The van der Waals surface area contributed by atoms with E-state index in [4.69, 9.17) is 11.6 Å². The minimum Gasteiger partial charge on any atom is -0.354 e. The van der Waals surface area contributed by atoms with Crippen LogP contribution in [-0.4, -0.2) is 50.5 Å². The highest BCUT2D eigenvalue weighted by molar-refractivity contribution is 7.92. The van der Waals surface area contributed by atoms with Gasteiger partial charge in [-0.05, 0) is 55.2 Å². The summed E-state index contributed by atoms with van der Waals surface area (Å²) in [6.45, 7) is 4.98. The van der Waals surface area contributed by atoms with Crippen molar-refractivity contribution >= 4 is 39.1 Å². The number of nitrogens with zero attached hydrogens (tertiary/aromatic N) is 2. The number of unbranched alkanes of at least 4 members (excludes halogenated alkanes) is 1. The van der Waals surface area contributed by atoms with Crippen molar-refractivity contribution in [3.05, 3.63) is 101 Å². The minimum absolute atomic E-state index is 0.0823. The Morgan fingerprint density at radius 1 is 0.927 bits per heavy atom. The zero-order valence-electron chi connectivity index (χ0n) is 24.1. The van der Waals surface area contributed by atoms with Crippen molar-refractivity contribution in [3.63, 3.8) is 0 Å².